The van der Waals surface area contributed by atoms with E-state index in [0.717, 1.165) is 0 Å². The predicted molar refractivity (Wildman–Crippen MR) is 124 cm³/mol. The Morgan fingerprint density at radius 1 is 1.15 bits per heavy atom. The predicted octanol–water partition coefficient (Wildman–Crippen LogP) is 0.0331. The zero-order chi connectivity index (χ0) is 26.2. The van der Waals surface area contributed by atoms with Crippen LogP contribution in [0.1, 0.15) is 25.8 Å². The number of halogens is 2. The van der Waals surface area contributed by atoms with E-state index >= 15 is 0 Å². The maximum Gasteiger partial charge on any atom is 0.402 e. The number of rotatable bonds is 8. The summed E-state index contributed by atoms with van der Waals surface area (Å²) in [6.45, 7) is 3.27. The summed E-state index contributed by atoms with van der Waals surface area (Å²) in [5.74, 6) is -1.34. The highest BCUT2D eigenvalue weighted by Crippen LogP contribution is 2.24. The summed E-state index contributed by atoms with van der Waals surface area (Å²) in [6, 6.07) is 4.98. The quantitative estimate of drug-likeness (QED) is 0.131. The lowest BCUT2D eigenvalue weighted by Gasteiger charge is -2.27. The van der Waals surface area contributed by atoms with Gasteiger partial charge in [-0.05, 0) is 24.1 Å². The summed E-state index contributed by atoms with van der Waals surface area (Å²) in [5.41, 5.74) is 8.72. The van der Waals surface area contributed by atoms with Crippen molar-refractivity contribution in [2.45, 2.75) is 32.8 Å². The van der Waals surface area contributed by atoms with Crippen molar-refractivity contribution in [1.82, 2.24) is 10.6 Å². The van der Waals surface area contributed by atoms with Gasteiger partial charge in [0.05, 0.1) is 13.0 Å². The van der Waals surface area contributed by atoms with Gasteiger partial charge >= 0.3 is 6.09 Å². The Hall–Kier alpha value is -2.64. The summed E-state index contributed by atoms with van der Waals surface area (Å²) >= 11 is 11.7. The molecule has 1 rings (SSSR count). The van der Waals surface area contributed by atoms with Crippen LogP contribution in [0.2, 0.25) is 10.0 Å². The molecule has 1 aromatic carbocycles. The Morgan fingerprint density at radius 3 is 2.03 bits per heavy atom. The van der Waals surface area contributed by atoms with Crippen LogP contribution in [0.25, 0.3) is 0 Å². The molecule has 0 aliphatic rings. The third kappa shape index (κ3) is 15.7. The number of hydrogen-bond acceptors (Lipinski definition) is 7. The van der Waals surface area contributed by atoms with E-state index in [0.29, 0.717) is 28.6 Å². The van der Waals surface area contributed by atoms with Gasteiger partial charge in [0.2, 0.25) is 11.8 Å². The van der Waals surface area contributed by atoms with Gasteiger partial charge in [-0.2, -0.15) is 0 Å². The Bertz CT molecular complexity index is 770. The summed E-state index contributed by atoms with van der Waals surface area (Å²) in [4.78, 5) is 31.3. The van der Waals surface area contributed by atoms with Gasteiger partial charge < -0.3 is 37.2 Å². The van der Waals surface area contributed by atoms with Gasteiger partial charge in [0, 0.05) is 28.6 Å². The van der Waals surface area contributed by atoms with Crippen LogP contribution in [0.3, 0.4) is 0 Å². The van der Waals surface area contributed by atoms with Crippen LogP contribution >= 0.6 is 23.2 Å². The number of primary amides is 1. The van der Waals surface area contributed by atoms with E-state index in [1.165, 1.54) is 0 Å². The molecule has 0 saturated heterocycles. The Labute approximate surface area is 201 Å². The van der Waals surface area contributed by atoms with Gasteiger partial charge in [0.1, 0.15) is 6.10 Å². The van der Waals surface area contributed by atoms with Crippen LogP contribution < -0.4 is 22.1 Å². The van der Waals surface area contributed by atoms with Gasteiger partial charge in [-0.25, -0.2) is 4.79 Å². The minimum absolute atomic E-state index is 0.000230. The molecule has 0 bridgehead atoms. The van der Waals surface area contributed by atoms with Crippen LogP contribution in [0.4, 0.5) is 4.79 Å². The molecule has 1 aromatic rings. The minimum atomic E-state index is -1.33. The van der Waals surface area contributed by atoms with Crippen molar-refractivity contribution in [3.05, 3.63) is 33.8 Å². The fraction of sp³-hybridized carbons (Fsp3) is 0.474. The molecule has 0 spiro atoms. The summed E-state index contributed by atoms with van der Waals surface area (Å²) in [7, 11) is 0. The second-order valence-electron chi connectivity index (χ2n) is 7.09. The normalized spacial score (nSPS) is 11.0. The van der Waals surface area contributed by atoms with Crippen molar-refractivity contribution in [2.75, 3.05) is 19.8 Å². The number of aliphatic hydroxyl groups excluding tert-OH is 3. The lowest BCUT2D eigenvalue weighted by atomic mass is 9.87. The van der Waals surface area contributed by atoms with E-state index in [4.69, 9.17) is 54.5 Å². The van der Waals surface area contributed by atoms with Crippen LogP contribution in [-0.4, -0.2) is 70.2 Å². The van der Waals surface area contributed by atoms with Crippen molar-refractivity contribution in [3.63, 3.8) is 0 Å². The molecule has 0 aromatic heterocycles. The molecule has 0 heterocycles. The number of amides is 3. The van der Waals surface area contributed by atoms with Crippen LogP contribution in [-0.2, 0) is 16.0 Å². The van der Waals surface area contributed by atoms with Crippen molar-refractivity contribution >= 4 is 47.1 Å². The number of guanidine groups is 1. The van der Waals surface area contributed by atoms with Crippen molar-refractivity contribution in [3.8, 4) is 0 Å². The van der Waals surface area contributed by atoms with E-state index in [1.54, 1.807) is 32.0 Å². The lowest BCUT2D eigenvalue weighted by Crippen LogP contribution is -2.45. The van der Waals surface area contributed by atoms with Crippen molar-refractivity contribution in [2.24, 2.45) is 16.9 Å². The van der Waals surface area contributed by atoms with Crippen LogP contribution in [0.15, 0.2) is 18.2 Å². The summed E-state index contributed by atoms with van der Waals surface area (Å²) in [5, 5.41) is 46.4. The number of benzene rings is 1. The molecule has 33 heavy (non-hydrogen) atoms. The smallest absolute Gasteiger partial charge is 0.402 e. The van der Waals surface area contributed by atoms with Crippen LogP contribution in [0.5, 0.6) is 0 Å². The first kappa shape index (κ1) is 32.5. The van der Waals surface area contributed by atoms with Gasteiger partial charge in [-0.1, -0.05) is 43.1 Å². The van der Waals surface area contributed by atoms with Crippen LogP contribution in [0, 0.1) is 10.8 Å². The molecule has 1 atom stereocenters. The number of carbonyl (C=O) groups is 3. The van der Waals surface area contributed by atoms with Crippen molar-refractivity contribution < 1.29 is 34.8 Å². The third-order valence-electron chi connectivity index (χ3n) is 3.70. The summed E-state index contributed by atoms with van der Waals surface area (Å²) < 4.78 is 0. The Balaban J connectivity index is 0. The molecule has 0 saturated carbocycles. The molecule has 14 heteroatoms. The molecule has 0 aliphatic heterocycles. The molecule has 0 radical (unpaired) electrons. The highest BCUT2D eigenvalue weighted by atomic mass is 35.5. The fourth-order valence-corrected chi connectivity index (χ4v) is 2.42. The maximum absolute atomic E-state index is 11.3. The zero-order valence-electron chi connectivity index (χ0n) is 18.3. The van der Waals surface area contributed by atoms with E-state index < -0.39 is 35.4 Å². The topological polar surface area (TPSA) is 232 Å². The molecular weight excluding hydrogens is 481 g/mol. The Morgan fingerprint density at radius 2 is 1.64 bits per heavy atom. The molecule has 0 aliphatic carbocycles. The van der Waals surface area contributed by atoms with Crippen molar-refractivity contribution in [1.29, 1.82) is 5.41 Å². The zero-order valence-corrected chi connectivity index (χ0v) is 19.8. The molecule has 0 fully saturated rings. The average molecular weight is 512 g/mol. The second kappa shape index (κ2) is 16.9. The van der Waals surface area contributed by atoms with E-state index in [9.17, 15) is 14.7 Å². The first-order valence-electron chi connectivity index (χ1n) is 9.42. The first-order chi connectivity index (χ1) is 15.2. The molecule has 188 valence electrons. The minimum Gasteiger partial charge on any atom is -0.465 e. The monoisotopic (exact) mass is 511 g/mol. The Kier molecular flexibility index (Phi) is 16.7. The average Bonchev–Trinajstić information content (AvgIpc) is 2.70. The molecule has 11 N–H and O–H groups in total. The second-order valence-corrected chi connectivity index (χ2v) is 7.91. The standard InChI is InChI=1S/C9H9Cl2N3O.C9H19NO4.CH3NO2/c10-6-2-1-3-7(11)5(6)4-8(15)14-9(12)13;1-9(2,6-12)7(13)8(14)10-4-3-5-11;2-1(3)4/h1-3H,4H2,(H4,12,13,14,15);7,11-13H,3-6H2,1-2H3,(H,10,14);2H2,(H,3,4). The summed E-state index contributed by atoms with van der Waals surface area (Å²) in [6.07, 6.45) is -2.11. The van der Waals surface area contributed by atoms with E-state index in [2.05, 4.69) is 16.4 Å². The lowest BCUT2D eigenvalue weighted by molar-refractivity contribution is -0.137. The maximum atomic E-state index is 11.3. The number of aliphatic hydroxyl groups is 3. The van der Waals surface area contributed by atoms with Gasteiger partial charge in [-0.3, -0.25) is 20.3 Å². The number of carboxylic acid groups (broad SMARTS) is 1. The molecule has 3 amide bonds. The molecule has 1 unspecified atom stereocenters. The number of hydrogen-bond donors (Lipinski definition) is 9. The highest BCUT2D eigenvalue weighted by molar-refractivity contribution is 6.36. The van der Waals surface area contributed by atoms with Gasteiger partial charge in [0.25, 0.3) is 0 Å². The van der Waals surface area contributed by atoms with Gasteiger partial charge in [-0.15, -0.1) is 0 Å². The first-order valence-corrected chi connectivity index (χ1v) is 10.2. The third-order valence-corrected chi connectivity index (χ3v) is 4.41. The van der Waals surface area contributed by atoms with E-state index in [-0.39, 0.29) is 19.6 Å². The SMILES string of the molecule is CC(C)(CO)C(O)C(=O)NCCCO.N=C(N)NC(=O)Cc1c(Cl)cccc1Cl.NC(=O)O. The number of nitrogens with two attached hydrogens (primary N) is 2. The van der Waals surface area contributed by atoms with E-state index in [1.807, 2.05) is 0 Å². The molecule has 12 nitrogen and oxygen atoms in total. The highest BCUT2D eigenvalue weighted by Gasteiger charge is 2.32. The number of nitrogens with one attached hydrogen (secondary N) is 3. The van der Waals surface area contributed by atoms with Gasteiger partial charge in [0.15, 0.2) is 5.96 Å². The molecular formula is C19H31Cl2N5O7. The largest absolute Gasteiger partial charge is 0.465 e. The number of carbonyl (C=O) groups excluding carboxylic acids is 2. The fourth-order valence-electron chi connectivity index (χ4n) is 1.88.